The lowest BCUT2D eigenvalue weighted by molar-refractivity contribution is 0.308. The van der Waals surface area contributed by atoms with Gasteiger partial charge in [0, 0.05) is 0 Å². The van der Waals surface area contributed by atoms with E-state index in [-0.39, 0.29) is 17.4 Å². The van der Waals surface area contributed by atoms with Crippen LogP contribution in [0.1, 0.15) is 0 Å². The van der Waals surface area contributed by atoms with Gasteiger partial charge in [-0.1, -0.05) is 0 Å². The summed E-state index contributed by atoms with van der Waals surface area (Å²) in [5.41, 5.74) is 0. The lowest BCUT2D eigenvalue weighted by Gasteiger charge is -1.69. The van der Waals surface area contributed by atoms with Crippen molar-refractivity contribution in [1.29, 1.82) is 0 Å². The topological polar surface area (TPSA) is 0 Å². The SMILES string of the molecule is FC(F)=C(F)F.[AlH3]. The molecule has 0 aromatic carbocycles. The smallest absolute Gasteiger partial charge is 0.167 e. The van der Waals surface area contributed by atoms with Gasteiger partial charge in [0.2, 0.25) is 0 Å². The first-order valence-corrected chi connectivity index (χ1v) is 1.01. The molecule has 0 amide bonds. The second-order valence-corrected chi connectivity index (χ2v) is 0.521. The maximum Gasteiger partial charge on any atom is 0.334 e. The Morgan fingerprint density at radius 3 is 0.857 bits per heavy atom. The molecule has 0 fully saturated rings. The van der Waals surface area contributed by atoms with Gasteiger partial charge in [-0.3, -0.25) is 0 Å². The Morgan fingerprint density at radius 2 is 0.857 bits per heavy atom. The van der Waals surface area contributed by atoms with Crippen molar-refractivity contribution in [3.05, 3.63) is 12.2 Å². The standard InChI is InChI=1S/C2F4.Al.3H/c3-1(4)2(5)6;;;;. The number of hydrogen-bond acceptors (Lipinski definition) is 0. The summed E-state index contributed by atoms with van der Waals surface area (Å²) in [6, 6.07) is 0. The van der Waals surface area contributed by atoms with Crippen molar-refractivity contribution in [1.82, 2.24) is 0 Å². The molecule has 0 aliphatic carbocycles. The van der Waals surface area contributed by atoms with Gasteiger partial charge in [-0.05, 0) is 0 Å². The Balaban J connectivity index is 0. The first-order valence-electron chi connectivity index (χ1n) is 1.01. The third kappa shape index (κ3) is 5.99. The van der Waals surface area contributed by atoms with E-state index in [1.54, 1.807) is 0 Å². The zero-order chi connectivity index (χ0) is 5.15. The quantitative estimate of drug-likeness (QED) is 0.336. The van der Waals surface area contributed by atoms with Crippen LogP contribution in [0.15, 0.2) is 12.2 Å². The van der Waals surface area contributed by atoms with Crippen molar-refractivity contribution in [2.75, 3.05) is 0 Å². The molecule has 0 rings (SSSR count). The molecule has 7 heavy (non-hydrogen) atoms. The van der Waals surface area contributed by atoms with Crippen molar-refractivity contribution < 1.29 is 17.6 Å². The fourth-order valence-corrected chi connectivity index (χ4v) is 0. The van der Waals surface area contributed by atoms with E-state index in [2.05, 4.69) is 0 Å². The molecule has 0 aliphatic rings. The van der Waals surface area contributed by atoms with Gasteiger partial charge in [-0.2, -0.15) is 17.6 Å². The predicted octanol–water partition coefficient (Wildman–Crippen LogP) is 0.807. The molecule has 0 spiro atoms. The third-order valence-corrected chi connectivity index (χ3v) is 0.143. The minimum Gasteiger partial charge on any atom is -0.167 e. The Bertz CT molecular complexity index is 59.8. The average Bonchev–Trinajstić information content (AvgIpc) is 1.36. The summed E-state index contributed by atoms with van der Waals surface area (Å²) < 4.78 is 41.1. The van der Waals surface area contributed by atoms with Crippen molar-refractivity contribution in [3.63, 3.8) is 0 Å². The van der Waals surface area contributed by atoms with Gasteiger partial charge in [0.15, 0.2) is 17.4 Å². The van der Waals surface area contributed by atoms with Crippen LogP contribution in [-0.2, 0) is 0 Å². The largest absolute Gasteiger partial charge is 0.334 e. The zero-order valence-electron chi connectivity index (χ0n) is 2.51. The molecule has 0 heterocycles. The van der Waals surface area contributed by atoms with E-state index < -0.39 is 12.2 Å². The van der Waals surface area contributed by atoms with E-state index in [0.717, 1.165) is 0 Å². The highest BCUT2D eigenvalue weighted by atomic mass is 27.0. The summed E-state index contributed by atoms with van der Waals surface area (Å²) in [6.45, 7) is 0. The highest BCUT2D eigenvalue weighted by molar-refractivity contribution is 5.75. The van der Waals surface area contributed by atoms with E-state index in [4.69, 9.17) is 0 Å². The molecule has 0 nitrogen and oxygen atoms in total. The lowest BCUT2D eigenvalue weighted by atomic mass is 11.1. The molecule has 0 N–H and O–H groups in total. The summed E-state index contributed by atoms with van der Waals surface area (Å²) in [5.74, 6) is 0. The molecule has 5 heteroatoms. The van der Waals surface area contributed by atoms with Gasteiger partial charge < -0.3 is 0 Å². The number of rotatable bonds is 0. The first-order chi connectivity index (χ1) is 2.64. The first kappa shape index (κ1) is 10.1. The Kier molecular flexibility index (Phi) is 5.99. The number of hydrogen-bond donors (Lipinski definition) is 0. The summed E-state index contributed by atoms with van der Waals surface area (Å²) in [5, 5.41) is 0. The molecule has 0 saturated carbocycles. The van der Waals surface area contributed by atoms with Gasteiger partial charge in [0.1, 0.15) is 0 Å². The van der Waals surface area contributed by atoms with Crippen LogP contribution in [-0.4, -0.2) is 17.4 Å². The van der Waals surface area contributed by atoms with Crippen LogP contribution in [0.3, 0.4) is 0 Å². The maximum atomic E-state index is 10.3. The zero-order valence-corrected chi connectivity index (χ0v) is 2.51. The summed E-state index contributed by atoms with van der Waals surface area (Å²) in [6.07, 6.45) is -5.81. The van der Waals surface area contributed by atoms with Crippen molar-refractivity contribution in [2.24, 2.45) is 0 Å². The molecule has 0 unspecified atom stereocenters. The van der Waals surface area contributed by atoms with Crippen molar-refractivity contribution >= 4 is 17.4 Å². The van der Waals surface area contributed by atoms with Crippen LogP contribution in [0.2, 0.25) is 0 Å². The van der Waals surface area contributed by atoms with E-state index in [9.17, 15) is 17.6 Å². The van der Waals surface area contributed by atoms with E-state index >= 15 is 0 Å². The molecule has 0 aliphatic heterocycles. The minimum atomic E-state index is -2.91. The Morgan fingerprint density at radius 1 is 0.714 bits per heavy atom. The van der Waals surface area contributed by atoms with Gasteiger partial charge in [-0.25, -0.2) is 0 Å². The summed E-state index contributed by atoms with van der Waals surface area (Å²) in [4.78, 5) is 0. The highest BCUT2D eigenvalue weighted by Gasteiger charge is 1.98. The molecule has 0 saturated heterocycles. The van der Waals surface area contributed by atoms with Crippen molar-refractivity contribution in [2.45, 2.75) is 0 Å². The van der Waals surface area contributed by atoms with Crippen molar-refractivity contribution in [3.8, 4) is 0 Å². The monoisotopic (exact) mass is 130 g/mol. The van der Waals surface area contributed by atoms with Crippen LogP contribution in [0, 0.1) is 0 Å². The molecule has 0 aromatic rings. The van der Waals surface area contributed by atoms with Crippen LogP contribution in [0.25, 0.3) is 0 Å². The predicted molar refractivity (Wildman–Crippen MR) is 21.4 cm³/mol. The maximum absolute atomic E-state index is 10.3. The second-order valence-electron chi connectivity index (χ2n) is 0.521. The van der Waals surface area contributed by atoms with Gasteiger partial charge in [-0.15, -0.1) is 0 Å². The van der Waals surface area contributed by atoms with Crippen LogP contribution < -0.4 is 0 Å². The van der Waals surface area contributed by atoms with Gasteiger partial charge >= 0.3 is 12.2 Å². The highest BCUT2D eigenvalue weighted by Crippen LogP contribution is 2.08. The second kappa shape index (κ2) is 4.16. The van der Waals surface area contributed by atoms with Gasteiger partial charge in [0.05, 0.1) is 0 Å². The van der Waals surface area contributed by atoms with Gasteiger partial charge in [0.25, 0.3) is 0 Å². The molecule has 0 aromatic heterocycles. The minimum absolute atomic E-state index is 0. The molecule has 0 bridgehead atoms. The lowest BCUT2D eigenvalue weighted by Crippen LogP contribution is -1.56. The van der Waals surface area contributed by atoms with E-state index in [1.165, 1.54) is 0 Å². The summed E-state index contributed by atoms with van der Waals surface area (Å²) in [7, 11) is 0. The Labute approximate surface area is 48.0 Å². The normalized spacial score (nSPS) is 6.86. The molecule has 0 atom stereocenters. The van der Waals surface area contributed by atoms with E-state index in [1.807, 2.05) is 0 Å². The third-order valence-electron chi connectivity index (χ3n) is 0.143. The van der Waals surface area contributed by atoms with E-state index in [0.29, 0.717) is 0 Å². The fourth-order valence-electron chi connectivity index (χ4n) is 0. The van der Waals surface area contributed by atoms with Crippen LogP contribution >= 0.6 is 0 Å². The Hall–Kier alpha value is -0.00753. The molecule has 42 valence electrons. The number of halogens is 4. The van der Waals surface area contributed by atoms with Crippen LogP contribution in [0.5, 0.6) is 0 Å². The molecular formula is C2H3AlF4. The summed E-state index contributed by atoms with van der Waals surface area (Å²) >= 11 is 0. The molecular weight excluding hydrogens is 127 g/mol. The fraction of sp³-hybridized carbons (Fsp3) is 0. The molecule has 0 radical (unpaired) electrons. The average molecular weight is 130 g/mol. The van der Waals surface area contributed by atoms with Crippen LogP contribution in [0.4, 0.5) is 17.6 Å².